The molecule has 0 bridgehead atoms. The van der Waals surface area contributed by atoms with Gasteiger partial charge in [-0.05, 0) is 5.92 Å². The van der Waals surface area contributed by atoms with Crippen LogP contribution in [0, 0.1) is 5.92 Å². The van der Waals surface area contributed by atoms with Crippen LogP contribution in [0.1, 0.15) is 20.3 Å². The van der Waals surface area contributed by atoms with Crippen LogP contribution in [0.25, 0.3) is 0 Å². The number of carbonyl (C=O) groups excluding carboxylic acids is 1. The fourth-order valence-corrected chi connectivity index (χ4v) is 3.24. The zero-order chi connectivity index (χ0) is 14.3. The van der Waals surface area contributed by atoms with E-state index in [9.17, 15) is 13.2 Å². The first kappa shape index (κ1) is 16.4. The van der Waals surface area contributed by atoms with Crippen molar-refractivity contribution < 1.29 is 22.7 Å². The summed E-state index contributed by atoms with van der Waals surface area (Å²) in [5, 5.41) is 3.01. The molecule has 1 saturated heterocycles. The SMILES string of the molecule is CC(C)COCCOC(=O)CC1CS(=O)(=O)CCN1. The summed E-state index contributed by atoms with van der Waals surface area (Å²) in [6, 6.07) is -0.331. The fourth-order valence-electron chi connectivity index (χ4n) is 1.79. The van der Waals surface area contributed by atoms with Gasteiger partial charge < -0.3 is 14.8 Å². The molecule has 0 aromatic rings. The minimum Gasteiger partial charge on any atom is -0.463 e. The van der Waals surface area contributed by atoms with Crippen molar-refractivity contribution in [3.63, 3.8) is 0 Å². The third-order valence-corrected chi connectivity index (χ3v) is 4.39. The number of hydrogen-bond acceptors (Lipinski definition) is 6. The Bertz CT molecular complexity index is 380. The number of carbonyl (C=O) groups is 1. The van der Waals surface area contributed by atoms with Gasteiger partial charge in [0.05, 0.1) is 24.5 Å². The van der Waals surface area contributed by atoms with Crippen molar-refractivity contribution in [2.24, 2.45) is 5.92 Å². The number of hydrogen-bond donors (Lipinski definition) is 1. The van der Waals surface area contributed by atoms with Crippen molar-refractivity contribution >= 4 is 15.8 Å². The average Bonchev–Trinajstić information content (AvgIpc) is 2.26. The van der Waals surface area contributed by atoms with Crippen LogP contribution in [0.3, 0.4) is 0 Å². The van der Waals surface area contributed by atoms with E-state index in [0.29, 0.717) is 25.7 Å². The largest absolute Gasteiger partial charge is 0.463 e. The number of rotatable bonds is 7. The molecular formula is C12H23NO5S. The molecule has 1 rings (SSSR count). The minimum atomic E-state index is -3.01. The molecule has 1 aliphatic heterocycles. The smallest absolute Gasteiger partial charge is 0.307 e. The first-order chi connectivity index (χ1) is 8.89. The van der Waals surface area contributed by atoms with Gasteiger partial charge in [0, 0.05) is 19.2 Å². The lowest BCUT2D eigenvalue weighted by Crippen LogP contribution is -2.46. The molecule has 1 heterocycles. The molecule has 1 atom stereocenters. The van der Waals surface area contributed by atoms with Crippen molar-refractivity contribution in [3.8, 4) is 0 Å². The maximum Gasteiger partial charge on any atom is 0.307 e. The second kappa shape index (κ2) is 7.81. The van der Waals surface area contributed by atoms with E-state index in [-0.39, 0.29) is 36.5 Å². The maximum absolute atomic E-state index is 11.5. The predicted molar refractivity (Wildman–Crippen MR) is 71.7 cm³/mol. The first-order valence-electron chi connectivity index (χ1n) is 6.56. The second-order valence-corrected chi connectivity index (χ2v) is 7.39. The Morgan fingerprint density at radius 3 is 2.74 bits per heavy atom. The van der Waals surface area contributed by atoms with E-state index >= 15 is 0 Å². The summed E-state index contributed by atoms with van der Waals surface area (Å²) in [4.78, 5) is 11.5. The number of ether oxygens (including phenoxy) is 2. The Kier molecular flexibility index (Phi) is 6.74. The number of nitrogens with one attached hydrogen (secondary N) is 1. The Morgan fingerprint density at radius 2 is 2.11 bits per heavy atom. The van der Waals surface area contributed by atoms with Gasteiger partial charge in [0.1, 0.15) is 6.61 Å². The molecule has 1 N–H and O–H groups in total. The van der Waals surface area contributed by atoms with E-state index < -0.39 is 9.84 Å². The standard InChI is InChI=1S/C12H23NO5S/c1-10(2)8-17-4-5-18-12(14)7-11-9-19(15,16)6-3-13-11/h10-11,13H,3-9H2,1-2H3. The van der Waals surface area contributed by atoms with Gasteiger partial charge in [-0.3, -0.25) is 4.79 Å². The van der Waals surface area contributed by atoms with E-state index in [1.54, 1.807) is 0 Å². The van der Waals surface area contributed by atoms with Gasteiger partial charge in [-0.2, -0.15) is 0 Å². The molecule has 1 unspecified atom stereocenters. The molecular weight excluding hydrogens is 270 g/mol. The summed E-state index contributed by atoms with van der Waals surface area (Å²) in [5.41, 5.74) is 0. The average molecular weight is 293 g/mol. The highest BCUT2D eigenvalue weighted by Crippen LogP contribution is 2.05. The molecule has 112 valence electrons. The van der Waals surface area contributed by atoms with Crippen LogP contribution in [0.15, 0.2) is 0 Å². The number of sulfone groups is 1. The molecule has 1 aliphatic rings. The molecule has 1 fully saturated rings. The monoisotopic (exact) mass is 293 g/mol. The molecule has 0 aromatic heterocycles. The van der Waals surface area contributed by atoms with Gasteiger partial charge in [0.15, 0.2) is 9.84 Å². The second-order valence-electron chi connectivity index (χ2n) is 5.16. The molecule has 0 spiro atoms. The summed E-state index contributed by atoms with van der Waals surface area (Å²) in [6.45, 7) is 5.71. The van der Waals surface area contributed by atoms with Gasteiger partial charge >= 0.3 is 5.97 Å². The highest BCUT2D eigenvalue weighted by Gasteiger charge is 2.26. The van der Waals surface area contributed by atoms with Crippen LogP contribution >= 0.6 is 0 Å². The van der Waals surface area contributed by atoms with Crippen LogP contribution < -0.4 is 5.32 Å². The van der Waals surface area contributed by atoms with Crippen LogP contribution in [0.5, 0.6) is 0 Å². The summed E-state index contributed by atoms with van der Waals surface area (Å²) < 4.78 is 33.1. The van der Waals surface area contributed by atoms with Gasteiger partial charge in [0.25, 0.3) is 0 Å². The van der Waals surface area contributed by atoms with Crippen molar-refractivity contribution in [2.45, 2.75) is 26.3 Å². The normalized spacial score (nSPS) is 22.4. The molecule has 19 heavy (non-hydrogen) atoms. The lowest BCUT2D eigenvalue weighted by Gasteiger charge is -2.22. The summed E-state index contributed by atoms with van der Waals surface area (Å²) in [6.07, 6.45) is 0.0867. The molecule has 0 radical (unpaired) electrons. The lowest BCUT2D eigenvalue weighted by molar-refractivity contribution is -0.145. The maximum atomic E-state index is 11.5. The van der Waals surface area contributed by atoms with Crippen LogP contribution in [-0.4, -0.2) is 58.3 Å². The Morgan fingerprint density at radius 1 is 1.37 bits per heavy atom. The van der Waals surface area contributed by atoms with Crippen molar-refractivity contribution in [2.75, 3.05) is 37.9 Å². The molecule has 0 aromatic carbocycles. The van der Waals surface area contributed by atoms with Gasteiger partial charge in [0.2, 0.25) is 0 Å². The van der Waals surface area contributed by atoms with Crippen LogP contribution in [0.4, 0.5) is 0 Å². The van der Waals surface area contributed by atoms with Gasteiger partial charge in [-0.15, -0.1) is 0 Å². The van der Waals surface area contributed by atoms with E-state index in [1.807, 2.05) is 13.8 Å². The third kappa shape index (κ3) is 7.49. The van der Waals surface area contributed by atoms with Crippen molar-refractivity contribution in [1.82, 2.24) is 5.32 Å². The predicted octanol–water partition coefficient (Wildman–Crippen LogP) is -0.0211. The van der Waals surface area contributed by atoms with E-state index in [4.69, 9.17) is 9.47 Å². The Labute approximate surface area is 114 Å². The van der Waals surface area contributed by atoms with E-state index in [2.05, 4.69) is 5.32 Å². The first-order valence-corrected chi connectivity index (χ1v) is 8.38. The lowest BCUT2D eigenvalue weighted by atomic mass is 10.2. The molecule has 6 nitrogen and oxygen atoms in total. The molecule has 0 amide bonds. The number of esters is 1. The highest BCUT2D eigenvalue weighted by molar-refractivity contribution is 7.91. The summed E-state index contributed by atoms with van der Waals surface area (Å²) in [5.74, 6) is 0.211. The fraction of sp³-hybridized carbons (Fsp3) is 0.917. The topological polar surface area (TPSA) is 81.7 Å². The molecule has 7 heteroatoms. The minimum absolute atomic E-state index is 0.00590. The van der Waals surface area contributed by atoms with Gasteiger partial charge in [-0.1, -0.05) is 13.8 Å². The Hall–Kier alpha value is -0.660. The molecule has 0 aliphatic carbocycles. The quantitative estimate of drug-likeness (QED) is 0.525. The zero-order valence-electron chi connectivity index (χ0n) is 11.6. The van der Waals surface area contributed by atoms with Gasteiger partial charge in [-0.25, -0.2) is 8.42 Å². The van der Waals surface area contributed by atoms with Crippen LogP contribution in [0.2, 0.25) is 0 Å². The van der Waals surface area contributed by atoms with E-state index in [0.717, 1.165) is 0 Å². The van der Waals surface area contributed by atoms with Crippen molar-refractivity contribution in [1.29, 1.82) is 0 Å². The van der Waals surface area contributed by atoms with E-state index in [1.165, 1.54) is 0 Å². The van der Waals surface area contributed by atoms with Crippen molar-refractivity contribution in [3.05, 3.63) is 0 Å². The molecule has 0 saturated carbocycles. The highest BCUT2D eigenvalue weighted by atomic mass is 32.2. The van der Waals surface area contributed by atoms with Crippen LogP contribution in [-0.2, 0) is 24.1 Å². The summed E-state index contributed by atoms with van der Waals surface area (Å²) >= 11 is 0. The zero-order valence-corrected chi connectivity index (χ0v) is 12.4. The Balaban J connectivity index is 2.14. The summed E-state index contributed by atoms with van der Waals surface area (Å²) in [7, 11) is -3.01. The third-order valence-electron chi connectivity index (χ3n) is 2.66.